The second-order valence-corrected chi connectivity index (χ2v) is 7.06. The van der Waals surface area contributed by atoms with Crippen LogP contribution < -0.4 is 10.5 Å². The highest BCUT2D eigenvalue weighted by Crippen LogP contribution is 2.25. The third-order valence-electron chi connectivity index (χ3n) is 3.58. The molecule has 0 aliphatic carbocycles. The molecule has 1 aliphatic rings. The Morgan fingerprint density at radius 3 is 2.57 bits per heavy atom. The normalized spacial score (nSPS) is 15.8. The number of methoxy groups -OCH3 is 1. The van der Waals surface area contributed by atoms with Gasteiger partial charge in [-0.25, -0.2) is 8.42 Å². The van der Waals surface area contributed by atoms with Gasteiger partial charge in [0.2, 0.25) is 5.91 Å². The Bertz CT molecular complexity index is 622. The minimum absolute atomic E-state index is 0.0489. The first-order valence-corrected chi connectivity index (χ1v) is 8.53. The summed E-state index contributed by atoms with van der Waals surface area (Å²) in [5.74, 6) is -0.519. The molecule has 6 nitrogen and oxygen atoms in total. The smallest absolute Gasteiger partial charge is 0.238 e. The van der Waals surface area contributed by atoms with E-state index in [9.17, 15) is 13.2 Å². The lowest BCUT2D eigenvalue weighted by molar-refractivity contribution is -0.129. The molecule has 1 aliphatic heterocycles. The van der Waals surface area contributed by atoms with Crippen molar-refractivity contribution in [1.82, 2.24) is 4.90 Å². The summed E-state index contributed by atoms with van der Waals surface area (Å²) in [5.41, 5.74) is 5.85. The molecule has 21 heavy (non-hydrogen) atoms. The summed E-state index contributed by atoms with van der Waals surface area (Å²) >= 11 is 0. The first kappa shape index (κ1) is 15.6. The van der Waals surface area contributed by atoms with Crippen molar-refractivity contribution in [3.05, 3.63) is 18.2 Å². The third-order valence-corrected chi connectivity index (χ3v) is 5.23. The van der Waals surface area contributed by atoms with Gasteiger partial charge in [0.05, 0.1) is 17.7 Å². The Kier molecular flexibility index (Phi) is 4.72. The molecule has 0 aromatic heterocycles. The fourth-order valence-electron chi connectivity index (χ4n) is 2.39. The number of carbonyl (C=O) groups is 1. The van der Waals surface area contributed by atoms with Crippen molar-refractivity contribution in [3.63, 3.8) is 0 Å². The third kappa shape index (κ3) is 3.66. The molecule has 0 atom stereocenters. The van der Waals surface area contributed by atoms with Crippen LogP contribution in [0.2, 0.25) is 0 Å². The van der Waals surface area contributed by atoms with Crippen LogP contribution in [0.25, 0.3) is 0 Å². The molecule has 0 spiro atoms. The van der Waals surface area contributed by atoms with Gasteiger partial charge in [-0.05, 0) is 31.4 Å². The van der Waals surface area contributed by atoms with Crippen LogP contribution in [0.3, 0.4) is 0 Å². The molecule has 1 saturated heterocycles. The first-order chi connectivity index (χ1) is 9.94. The molecular weight excluding hydrogens is 292 g/mol. The molecular formula is C14H20N2O4S. The SMILES string of the molecule is COc1ccc(N)c(S(=O)(=O)CC(=O)N2CCCCC2)c1. The van der Waals surface area contributed by atoms with Crippen molar-refractivity contribution < 1.29 is 17.9 Å². The Labute approximate surface area is 124 Å². The fraction of sp³-hybridized carbons (Fsp3) is 0.500. The summed E-state index contributed by atoms with van der Waals surface area (Å²) in [7, 11) is -2.32. The molecule has 1 aromatic rings. The minimum atomic E-state index is -3.77. The molecule has 2 N–H and O–H groups in total. The zero-order valence-corrected chi connectivity index (χ0v) is 12.9. The number of nitrogen functional groups attached to an aromatic ring is 1. The van der Waals surface area contributed by atoms with Crippen molar-refractivity contribution in [2.75, 3.05) is 31.7 Å². The lowest BCUT2D eigenvalue weighted by Crippen LogP contribution is -2.39. The molecule has 1 fully saturated rings. The molecule has 0 unspecified atom stereocenters. The van der Waals surface area contributed by atoms with Gasteiger partial charge in [0, 0.05) is 19.2 Å². The summed E-state index contributed by atoms with van der Waals surface area (Å²) in [6.07, 6.45) is 2.93. The number of sulfone groups is 1. The van der Waals surface area contributed by atoms with E-state index >= 15 is 0 Å². The van der Waals surface area contributed by atoms with Crippen LogP contribution in [0.15, 0.2) is 23.1 Å². The van der Waals surface area contributed by atoms with Gasteiger partial charge in [0.15, 0.2) is 9.84 Å². The average molecular weight is 312 g/mol. The highest BCUT2D eigenvalue weighted by atomic mass is 32.2. The molecule has 116 valence electrons. The fourth-order valence-corrected chi connectivity index (χ4v) is 3.77. The number of amides is 1. The van der Waals surface area contributed by atoms with Crippen molar-refractivity contribution in [3.8, 4) is 5.75 Å². The van der Waals surface area contributed by atoms with Gasteiger partial charge >= 0.3 is 0 Å². The lowest BCUT2D eigenvalue weighted by Gasteiger charge is -2.26. The Balaban J connectivity index is 2.19. The van der Waals surface area contributed by atoms with E-state index in [-0.39, 0.29) is 16.5 Å². The van der Waals surface area contributed by atoms with Crippen LogP contribution in [0.5, 0.6) is 5.75 Å². The minimum Gasteiger partial charge on any atom is -0.497 e. The number of anilines is 1. The highest BCUT2D eigenvalue weighted by Gasteiger charge is 2.26. The van der Waals surface area contributed by atoms with Crippen LogP contribution in [0.4, 0.5) is 5.69 Å². The maximum absolute atomic E-state index is 12.4. The maximum atomic E-state index is 12.4. The molecule has 1 heterocycles. The number of rotatable bonds is 4. The zero-order valence-electron chi connectivity index (χ0n) is 12.0. The van der Waals surface area contributed by atoms with Crippen LogP contribution in [0.1, 0.15) is 19.3 Å². The van der Waals surface area contributed by atoms with E-state index in [4.69, 9.17) is 10.5 Å². The number of hydrogen-bond acceptors (Lipinski definition) is 5. The largest absolute Gasteiger partial charge is 0.497 e. The molecule has 2 rings (SSSR count). The van der Waals surface area contributed by atoms with Crippen LogP contribution in [-0.2, 0) is 14.6 Å². The monoisotopic (exact) mass is 312 g/mol. The van der Waals surface area contributed by atoms with E-state index < -0.39 is 15.6 Å². The molecule has 0 saturated carbocycles. The lowest BCUT2D eigenvalue weighted by atomic mass is 10.1. The predicted octanol–water partition coefficient (Wildman–Crippen LogP) is 1.06. The molecule has 1 aromatic carbocycles. The number of piperidine rings is 1. The van der Waals surface area contributed by atoms with E-state index in [0.29, 0.717) is 18.8 Å². The van der Waals surface area contributed by atoms with Crippen molar-refractivity contribution in [1.29, 1.82) is 0 Å². The van der Waals surface area contributed by atoms with E-state index in [1.807, 2.05) is 0 Å². The summed E-state index contributed by atoms with van der Waals surface area (Å²) in [6.45, 7) is 1.25. The van der Waals surface area contributed by atoms with Gasteiger partial charge in [-0.3, -0.25) is 4.79 Å². The number of likely N-dealkylation sites (tertiary alicyclic amines) is 1. The molecule has 0 bridgehead atoms. The van der Waals surface area contributed by atoms with Gasteiger partial charge in [-0.2, -0.15) is 0 Å². The van der Waals surface area contributed by atoms with E-state index in [1.165, 1.54) is 19.2 Å². The highest BCUT2D eigenvalue weighted by molar-refractivity contribution is 7.92. The summed E-state index contributed by atoms with van der Waals surface area (Å²) in [5, 5.41) is 0. The number of nitrogens with two attached hydrogens (primary N) is 1. The van der Waals surface area contributed by atoms with E-state index in [2.05, 4.69) is 0 Å². The Hall–Kier alpha value is -1.76. The van der Waals surface area contributed by atoms with Crippen molar-refractivity contribution in [2.24, 2.45) is 0 Å². The molecule has 0 radical (unpaired) electrons. The van der Waals surface area contributed by atoms with Gasteiger partial charge in [-0.1, -0.05) is 0 Å². The number of ether oxygens (including phenoxy) is 1. The summed E-state index contributed by atoms with van der Waals surface area (Å²) in [4.78, 5) is 13.7. The van der Waals surface area contributed by atoms with Crippen LogP contribution >= 0.6 is 0 Å². The zero-order chi connectivity index (χ0) is 15.5. The van der Waals surface area contributed by atoms with E-state index in [0.717, 1.165) is 19.3 Å². The number of benzene rings is 1. The number of hydrogen-bond donors (Lipinski definition) is 1. The van der Waals surface area contributed by atoms with Crippen molar-refractivity contribution in [2.45, 2.75) is 24.2 Å². The molecule has 1 amide bonds. The van der Waals surface area contributed by atoms with Gasteiger partial charge in [-0.15, -0.1) is 0 Å². The number of carbonyl (C=O) groups excluding carboxylic acids is 1. The predicted molar refractivity (Wildman–Crippen MR) is 79.9 cm³/mol. The van der Waals surface area contributed by atoms with Crippen molar-refractivity contribution >= 4 is 21.4 Å². The Morgan fingerprint density at radius 1 is 1.29 bits per heavy atom. The topological polar surface area (TPSA) is 89.7 Å². The van der Waals surface area contributed by atoms with Gasteiger partial charge in [0.1, 0.15) is 11.5 Å². The molecule has 7 heteroatoms. The van der Waals surface area contributed by atoms with Gasteiger partial charge < -0.3 is 15.4 Å². The maximum Gasteiger partial charge on any atom is 0.238 e. The van der Waals surface area contributed by atoms with Gasteiger partial charge in [0.25, 0.3) is 0 Å². The quantitative estimate of drug-likeness (QED) is 0.840. The van der Waals surface area contributed by atoms with E-state index in [1.54, 1.807) is 11.0 Å². The van der Waals surface area contributed by atoms with Crippen LogP contribution in [-0.4, -0.2) is 45.2 Å². The summed E-state index contributed by atoms with van der Waals surface area (Å²) in [6, 6.07) is 4.41. The second kappa shape index (κ2) is 6.34. The Morgan fingerprint density at radius 2 is 1.95 bits per heavy atom. The summed E-state index contributed by atoms with van der Waals surface area (Å²) < 4.78 is 29.8. The second-order valence-electron chi connectivity index (χ2n) is 5.10. The van der Waals surface area contributed by atoms with Crippen LogP contribution in [0, 0.1) is 0 Å². The average Bonchev–Trinajstić information content (AvgIpc) is 2.48. The number of nitrogens with zero attached hydrogens (tertiary/aromatic N) is 1. The standard InChI is InChI=1S/C14H20N2O4S/c1-20-11-5-6-12(15)13(9-11)21(18,19)10-14(17)16-7-3-2-4-8-16/h5-6,9H,2-4,7-8,10,15H2,1H3. The first-order valence-electron chi connectivity index (χ1n) is 6.88.